The molecule has 1 aromatic heterocycles. The van der Waals surface area contributed by atoms with Crippen molar-refractivity contribution >= 4 is 5.69 Å². The number of nitrogens with two attached hydrogens (primary N) is 1. The summed E-state index contributed by atoms with van der Waals surface area (Å²) in [7, 11) is 0. The Kier molecular flexibility index (Phi) is 5.29. The third-order valence-electron chi connectivity index (χ3n) is 6.80. The van der Waals surface area contributed by atoms with Crippen LogP contribution in [0.2, 0.25) is 0 Å². The molecule has 29 heavy (non-hydrogen) atoms. The second-order valence-corrected chi connectivity index (χ2v) is 8.86. The van der Waals surface area contributed by atoms with Gasteiger partial charge in [-0.3, -0.25) is 4.98 Å². The second-order valence-electron chi connectivity index (χ2n) is 8.86. The number of rotatable bonds is 3. The van der Waals surface area contributed by atoms with Gasteiger partial charge in [0.25, 0.3) is 0 Å². The van der Waals surface area contributed by atoms with Crippen molar-refractivity contribution in [2.75, 3.05) is 24.7 Å². The predicted octanol–water partition coefficient (Wildman–Crippen LogP) is 2.90. The minimum absolute atomic E-state index is 0.105. The average Bonchev–Trinajstić information content (AvgIpc) is 2.74. The molecule has 0 bridgehead atoms. The number of aryl methyl sites for hydroxylation is 1. The lowest BCUT2D eigenvalue weighted by Gasteiger charge is -2.38. The van der Waals surface area contributed by atoms with Crippen LogP contribution < -0.4 is 16.0 Å². The summed E-state index contributed by atoms with van der Waals surface area (Å²) in [5.74, 6) is 0. The topological polar surface area (TPSA) is 63.4 Å². The van der Waals surface area contributed by atoms with E-state index in [0.717, 1.165) is 57.7 Å². The van der Waals surface area contributed by atoms with Gasteiger partial charge in [0.1, 0.15) is 0 Å². The zero-order chi connectivity index (χ0) is 19.8. The highest BCUT2D eigenvalue weighted by atomic mass is 16.5. The first-order valence-electron chi connectivity index (χ1n) is 11.1. The molecule has 5 heteroatoms. The first kappa shape index (κ1) is 19.0. The molecule has 1 aromatic carbocycles. The number of fused-ring (bicyclic) bond motifs is 2. The van der Waals surface area contributed by atoms with E-state index in [1.807, 2.05) is 0 Å². The van der Waals surface area contributed by atoms with Crippen molar-refractivity contribution in [2.24, 2.45) is 5.73 Å². The fourth-order valence-electron chi connectivity index (χ4n) is 5.19. The zero-order valence-electron chi connectivity index (χ0n) is 17.4. The van der Waals surface area contributed by atoms with Crippen LogP contribution >= 0.6 is 0 Å². The molecule has 1 fully saturated rings. The Morgan fingerprint density at radius 3 is 3.07 bits per heavy atom. The van der Waals surface area contributed by atoms with E-state index in [4.69, 9.17) is 15.5 Å². The summed E-state index contributed by atoms with van der Waals surface area (Å²) >= 11 is 0. The van der Waals surface area contributed by atoms with Gasteiger partial charge < -0.3 is 20.7 Å². The third-order valence-corrected chi connectivity index (χ3v) is 6.80. The predicted molar refractivity (Wildman–Crippen MR) is 116 cm³/mol. The van der Waals surface area contributed by atoms with Crippen LogP contribution in [0.4, 0.5) is 5.69 Å². The molecule has 3 aliphatic rings. The largest absolute Gasteiger partial charge is 0.377 e. The summed E-state index contributed by atoms with van der Waals surface area (Å²) in [6.07, 6.45) is 5.35. The number of benzene rings is 1. The molecule has 1 unspecified atom stereocenters. The number of hydrogen-bond acceptors (Lipinski definition) is 5. The quantitative estimate of drug-likeness (QED) is 0.841. The molecule has 0 amide bonds. The second kappa shape index (κ2) is 8.05. The Hall–Kier alpha value is -1.95. The van der Waals surface area contributed by atoms with Crippen molar-refractivity contribution in [3.05, 3.63) is 58.4 Å². The molecule has 2 aliphatic heterocycles. The molecule has 3 N–H and O–H groups in total. The molecule has 5 rings (SSSR count). The monoisotopic (exact) mass is 392 g/mol. The smallest absolute Gasteiger partial charge is 0.0668 e. The number of nitrogens with one attached hydrogen (secondary N) is 1. The lowest BCUT2D eigenvalue weighted by molar-refractivity contribution is 0.0988. The zero-order valence-corrected chi connectivity index (χ0v) is 17.4. The third kappa shape index (κ3) is 3.79. The van der Waals surface area contributed by atoms with Crippen LogP contribution in [-0.2, 0) is 30.5 Å². The highest BCUT2D eigenvalue weighted by Crippen LogP contribution is 2.32. The molecular formula is C24H32N4O. The maximum absolute atomic E-state index is 6.33. The van der Waals surface area contributed by atoms with Crippen LogP contribution in [0.15, 0.2) is 30.3 Å². The maximum Gasteiger partial charge on any atom is 0.0668 e. The number of ether oxygens (including phenoxy) is 1. The average molecular weight is 393 g/mol. The van der Waals surface area contributed by atoms with Crippen molar-refractivity contribution in [3.8, 4) is 0 Å². The van der Waals surface area contributed by atoms with E-state index in [1.54, 1.807) is 0 Å². The van der Waals surface area contributed by atoms with E-state index in [0.29, 0.717) is 12.1 Å². The summed E-state index contributed by atoms with van der Waals surface area (Å²) in [6.45, 7) is 5.79. The first-order chi connectivity index (χ1) is 14.2. The Morgan fingerprint density at radius 1 is 1.24 bits per heavy atom. The molecule has 3 heterocycles. The van der Waals surface area contributed by atoms with Crippen LogP contribution in [0.3, 0.4) is 0 Å². The summed E-state index contributed by atoms with van der Waals surface area (Å²) in [6, 6.07) is 12.2. The van der Waals surface area contributed by atoms with Crippen molar-refractivity contribution in [3.63, 3.8) is 0 Å². The van der Waals surface area contributed by atoms with Gasteiger partial charge in [-0.05, 0) is 61.4 Å². The van der Waals surface area contributed by atoms with Crippen LogP contribution in [0.25, 0.3) is 0 Å². The van der Waals surface area contributed by atoms with Gasteiger partial charge in [-0.25, -0.2) is 0 Å². The molecule has 3 atom stereocenters. The van der Waals surface area contributed by atoms with Gasteiger partial charge in [-0.2, -0.15) is 0 Å². The van der Waals surface area contributed by atoms with Crippen molar-refractivity contribution < 1.29 is 4.74 Å². The number of pyridine rings is 1. The fourth-order valence-corrected chi connectivity index (χ4v) is 5.19. The van der Waals surface area contributed by atoms with E-state index in [-0.39, 0.29) is 6.04 Å². The number of anilines is 1. The van der Waals surface area contributed by atoms with Gasteiger partial charge in [-0.1, -0.05) is 18.2 Å². The van der Waals surface area contributed by atoms with Crippen LogP contribution in [-0.4, -0.2) is 36.8 Å². The van der Waals surface area contributed by atoms with Gasteiger partial charge in [0.15, 0.2) is 0 Å². The highest BCUT2D eigenvalue weighted by molar-refractivity contribution is 5.59. The Labute approximate surface area is 173 Å². The summed E-state index contributed by atoms with van der Waals surface area (Å²) in [4.78, 5) is 7.51. The summed E-state index contributed by atoms with van der Waals surface area (Å²) < 4.78 is 5.66. The lowest BCUT2D eigenvalue weighted by Crippen LogP contribution is -2.45. The maximum atomic E-state index is 6.33. The molecular weight excluding hydrogens is 360 g/mol. The summed E-state index contributed by atoms with van der Waals surface area (Å²) in [5.41, 5.74) is 14.3. The SMILES string of the molecule is C[C@H]1COCCN1c1cccc2c1C[C@H](Cc1ccc3c(n1)C(N)CCC3)NC2. The number of nitrogens with zero attached hydrogens (tertiary/aromatic N) is 2. The van der Waals surface area contributed by atoms with Gasteiger partial charge >= 0.3 is 0 Å². The number of hydrogen-bond donors (Lipinski definition) is 2. The van der Waals surface area contributed by atoms with E-state index in [9.17, 15) is 0 Å². The van der Waals surface area contributed by atoms with Gasteiger partial charge in [-0.15, -0.1) is 0 Å². The molecule has 1 saturated heterocycles. The minimum Gasteiger partial charge on any atom is -0.377 e. The highest BCUT2D eigenvalue weighted by Gasteiger charge is 2.27. The molecule has 0 saturated carbocycles. The normalized spacial score (nSPS) is 26.7. The molecule has 5 nitrogen and oxygen atoms in total. The Morgan fingerprint density at radius 2 is 2.17 bits per heavy atom. The Bertz CT molecular complexity index is 883. The molecule has 1 aliphatic carbocycles. The standard InChI is InChI=1S/C24H32N4O/c1-16-15-29-11-10-28(16)23-7-3-5-18-14-26-20(13-21(18)23)12-19-9-8-17-4-2-6-22(25)24(17)27-19/h3,5,7-9,16,20,22,26H,2,4,6,10-15,25H2,1H3/t16-,20-,22?/m0/s1. The summed E-state index contributed by atoms with van der Waals surface area (Å²) in [5, 5.41) is 3.74. The minimum atomic E-state index is 0.105. The van der Waals surface area contributed by atoms with Crippen LogP contribution in [0.1, 0.15) is 53.9 Å². The van der Waals surface area contributed by atoms with E-state index in [2.05, 4.69) is 47.5 Å². The van der Waals surface area contributed by atoms with Crippen LogP contribution in [0.5, 0.6) is 0 Å². The van der Waals surface area contributed by atoms with Crippen molar-refractivity contribution in [1.29, 1.82) is 0 Å². The molecule has 154 valence electrons. The fraction of sp³-hybridized carbons (Fsp3) is 0.542. The van der Waals surface area contributed by atoms with E-state index >= 15 is 0 Å². The van der Waals surface area contributed by atoms with Gasteiger partial charge in [0.05, 0.1) is 18.9 Å². The van der Waals surface area contributed by atoms with Gasteiger partial charge in [0.2, 0.25) is 0 Å². The first-order valence-corrected chi connectivity index (χ1v) is 11.1. The van der Waals surface area contributed by atoms with Crippen LogP contribution in [0, 0.1) is 0 Å². The Balaban J connectivity index is 1.36. The van der Waals surface area contributed by atoms with E-state index in [1.165, 1.54) is 34.5 Å². The van der Waals surface area contributed by atoms with Crippen molar-refractivity contribution in [1.82, 2.24) is 10.3 Å². The number of morpholine rings is 1. The van der Waals surface area contributed by atoms with Crippen molar-refractivity contribution in [2.45, 2.75) is 63.7 Å². The molecule has 0 spiro atoms. The number of aromatic nitrogens is 1. The van der Waals surface area contributed by atoms with Gasteiger partial charge in [0, 0.05) is 49.0 Å². The van der Waals surface area contributed by atoms with E-state index < -0.39 is 0 Å². The molecule has 2 aromatic rings. The molecule has 0 radical (unpaired) electrons. The lowest BCUT2D eigenvalue weighted by atomic mass is 9.89.